The Bertz CT molecular complexity index is 315. The van der Waals surface area contributed by atoms with E-state index in [-0.39, 0.29) is 0 Å². The molecule has 0 atom stereocenters. The van der Waals surface area contributed by atoms with Crippen molar-refractivity contribution in [1.82, 2.24) is 10.2 Å². The van der Waals surface area contributed by atoms with Gasteiger partial charge in [0.05, 0.1) is 0 Å². The minimum atomic E-state index is 0.511. The molecule has 0 fully saturated rings. The van der Waals surface area contributed by atoms with Crippen LogP contribution in [-0.2, 0) is 6.42 Å². The van der Waals surface area contributed by atoms with E-state index in [0.29, 0.717) is 24.2 Å². The third-order valence-corrected chi connectivity index (χ3v) is 2.95. The highest BCUT2D eigenvalue weighted by Gasteiger charge is 2.03. The first kappa shape index (κ1) is 15.3. The van der Waals surface area contributed by atoms with Crippen LogP contribution in [0.4, 0.5) is 6.01 Å². The third kappa shape index (κ3) is 6.84. The summed E-state index contributed by atoms with van der Waals surface area (Å²) >= 11 is 5.59. The molecule has 0 unspecified atom stereocenters. The Balaban J connectivity index is 2.00. The number of rotatable bonds is 10. The van der Waals surface area contributed by atoms with Crippen molar-refractivity contribution >= 4 is 17.6 Å². The second kappa shape index (κ2) is 9.20. The second-order valence-electron chi connectivity index (χ2n) is 4.96. The largest absolute Gasteiger partial charge is 0.408 e. The summed E-state index contributed by atoms with van der Waals surface area (Å²) in [6.07, 6.45) is 7.00. The van der Waals surface area contributed by atoms with E-state index in [1.165, 1.54) is 25.7 Å². The molecule has 0 saturated carbocycles. The van der Waals surface area contributed by atoms with Gasteiger partial charge in [-0.15, -0.1) is 16.7 Å². The number of aromatic nitrogens is 2. The fourth-order valence-corrected chi connectivity index (χ4v) is 1.90. The number of hydrogen-bond donors (Lipinski definition) is 1. The molecule has 0 aliphatic rings. The van der Waals surface area contributed by atoms with Crippen LogP contribution in [0.2, 0.25) is 0 Å². The Kier molecular flexibility index (Phi) is 7.81. The van der Waals surface area contributed by atoms with Gasteiger partial charge in [0.15, 0.2) is 0 Å². The molecule has 18 heavy (non-hydrogen) atoms. The maximum Gasteiger partial charge on any atom is 0.315 e. The van der Waals surface area contributed by atoms with E-state index in [9.17, 15) is 0 Å². The van der Waals surface area contributed by atoms with Gasteiger partial charge in [0.2, 0.25) is 5.89 Å². The summed E-state index contributed by atoms with van der Waals surface area (Å²) in [7, 11) is 0. The fraction of sp³-hybridized carbons (Fsp3) is 0.846. The lowest BCUT2D eigenvalue weighted by molar-refractivity contribution is 0.506. The number of anilines is 1. The lowest BCUT2D eigenvalue weighted by Gasteiger charge is -2.04. The van der Waals surface area contributed by atoms with Crippen LogP contribution >= 0.6 is 11.6 Å². The van der Waals surface area contributed by atoms with E-state index in [2.05, 4.69) is 29.4 Å². The highest BCUT2D eigenvalue weighted by molar-refractivity contribution is 6.17. The predicted molar refractivity (Wildman–Crippen MR) is 75.1 cm³/mol. The molecule has 0 radical (unpaired) electrons. The van der Waals surface area contributed by atoms with Crippen LogP contribution in [0.25, 0.3) is 0 Å². The standard InChI is InChI=1S/C13H24ClN3O/c1-11(2)7-5-3-4-6-10-15-13-17-16-12(18-13)8-9-14/h11H,3-10H2,1-2H3,(H,15,17). The molecule has 1 heterocycles. The van der Waals surface area contributed by atoms with E-state index in [1.807, 2.05) is 0 Å². The zero-order valence-electron chi connectivity index (χ0n) is 11.4. The van der Waals surface area contributed by atoms with Gasteiger partial charge in [-0.1, -0.05) is 44.6 Å². The number of alkyl halides is 1. The average molecular weight is 274 g/mol. The average Bonchev–Trinajstić information content (AvgIpc) is 2.76. The SMILES string of the molecule is CC(C)CCCCCCNc1nnc(CCCl)o1. The van der Waals surface area contributed by atoms with Crippen LogP contribution in [-0.4, -0.2) is 22.6 Å². The molecule has 0 aromatic carbocycles. The quantitative estimate of drug-likeness (QED) is 0.519. The second-order valence-corrected chi connectivity index (χ2v) is 5.34. The number of nitrogens with zero attached hydrogens (tertiary/aromatic N) is 2. The molecule has 0 bridgehead atoms. The number of halogens is 1. The van der Waals surface area contributed by atoms with Crippen molar-refractivity contribution in [1.29, 1.82) is 0 Å². The summed E-state index contributed by atoms with van der Waals surface area (Å²) in [5, 5.41) is 10.9. The van der Waals surface area contributed by atoms with Gasteiger partial charge >= 0.3 is 6.01 Å². The minimum absolute atomic E-state index is 0.511. The normalized spacial score (nSPS) is 11.1. The number of hydrogen-bond acceptors (Lipinski definition) is 4. The molecule has 104 valence electrons. The van der Waals surface area contributed by atoms with Crippen LogP contribution in [0.1, 0.15) is 51.8 Å². The smallest absolute Gasteiger partial charge is 0.315 e. The van der Waals surface area contributed by atoms with Gasteiger partial charge in [0, 0.05) is 18.8 Å². The fourth-order valence-electron chi connectivity index (χ4n) is 1.73. The van der Waals surface area contributed by atoms with Gasteiger partial charge in [-0.3, -0.25) is 0 Å². The van der Waals surface area contributed by atoms with Crippen molar-refractivity contribution in [3.63, 3.8) is 0 Å². The van der Waals surface area contributed by atoms with Crippen molar-refractivity contribution in [3.8, 4) is 0 Å². The molecule has 5 heteroatoms. The maximum atomic E-state index is 5.59. The summed E-state index contributed by atoms with van der Waals surface area (Å²) in [6, 6.07) is 0.511. The molecular weight excluding hydrogens is 250 g/mol. The van der Waals surface area contributed by atoms with Crippen molar-refractivity contribution in [2.75, 3.05) is 17.7 Å². The molecule has 0 spiro atoms. The van der Waals surface area contributed by atoms with Crippen molar-refractivity contribution in [3.05, 3.63) is 5.89 Å². The van der Waals surface area contributed by atoms with Gasteiger partial charge in [-0.05, 0) is 12.3 Å². The lowest BCUT2D eigenvalue weighted by atomic mass is 10.0. The Morgan fingerprint density at radius 2 is 1.94 bits per heavy atom. The zero-order chi connectivity index (χ0) is 13.2. The third-order valence-electron chi connectivity index (χ3n) is 2.76. The Morgan fingerprint density at radius 1 is 1.17 bits per heavy atom. The first-order chi connectivity index (χ1) is 8.72. The topological polar surface area (TPSA) is 51.0 Å². The zero-order valence-corrected chi connectivity index (χ0v) is 12.2. The van der Waals surface area contributed by atoms with Crippen LogP contribution in [0.3, 0.4) is 0 Å². The van der Waals surface area contributed by atoms with Crippen LogP contribution in [0.15, 0.2) is 4.42 Å². The highest BCUT2D eigenvalue weighted by atomic mass is 35.5. The summed E-state index contributed by atoms with van der Waals surface area (Å²) in [5.41, 5.74) is 0. The van der Waals surface area contributed by atoms with E-state index in [4.69, 9.17) is 16.0 Å². The van der Waals surface area contributed by atoms with Crippen LogP contribution in [0, 0.1) is 5.92 Å². The van der Waals surface area contributed by atoms with Gasteiger partial charge in [-0.25, -0.2) is 0 Å². The molecular formula is C13H24ClN3O. The van der Waals surface area contributed by atoms with Crippen LogP contribution in [0.5, 0.6) is 0 Å². The lowest BCUT2D eigenvalue weighted by Crippen LogP contribution is -2.01. The monoisotopic (exact) mass is 273 g/mol. The van der Waals surface area contributed by atoms with Gasteiger partial charge in [-0.2, -0.15) is 0 Å². The van der Waals surface area contributed by atoms with E-state index in [0.717, 1.165) is 18.9 Å². The molecule has 1 aromatic heterocycles. The molecule has 0 aliphatic carbocycles. The number of nitrogens with one attached hydrogen (secondary N) is 1. The summed E-state index contributed by atoms with van der Waals surface area (Å²) in [4.78, 5) is 0. The number of aryl methyl sites for hydroxylation is 1. The molecule has 1 N–H and O–H groups in total. The molecule has 0 saturated heterocycles. The summed E-state index contributed by atoms with van der Waals surface area (Å²) in [6.45, 7) is 5.44. The first-order valence-electron chi connectivity index (χ1n) is 6.84. The number of unbranched alkanes of at least 4 members (excludes halogenated alkanes) is 3. The summed E-state index contributed by atoms with van der Waals surface area (Å²) in [5.74, 6) is 1.93. The molecule has 1 aromatic rings. The van der Waals surface area contributed by atoms with Gasteiger partial charge in [0.25, 0.3) is 0 Å². The predicted octanol–water partition coefficient (Wildman–Crippen LogP) is 3.87. The van der Waals surface area contributed by atoms with Crippen molar-refractivity contribution in [2.45, 2.75) is 52.4 Å². The Hall–Kier alpha value is -0.770. The molecule has 4 nitrogen and oxygen atoms in total. The summed E-state index contributed by atoms with van der Waals surface area (Å²) < 4.78 is 5.37. The van der Waals surface area contributed by atoms with E-state index in [1.54, 1.807) is 0 Å². The van der Waals surface area contributed by atoms with Gasteiger partial charge in [0.1, 0.15) is 0 Å². The van der Waals surface area contributed by atoms with Gasteiger partial charge < -0.3 is 9.73 Å². The van der Waals surface area contributed by atoms with Crippen molar-refractivity contribution in [2.24, 2.45) is 5.92 Å². The minimum Gasteiger partial charge on any atom is -0.408 e. The highest BCUT2D eigenvalue weighted by Crippen LogP contribution is 2.10. The maximum absolute atomic E-state index is 5.59. The molecule has 0 amide bonds. The van der Waals surface area contributed by atoms with Crippen molar-refractivity contribution < 1.29 is 4.42 Å². The van der Waals surface area contributed by atoms with E-state index >= 15 is 0 Å². The van der Waals surface area contributed by atoms with Crippen LogP contribution < -0.4 is 5.32 Å². The van der Waals surface area contributed by atoms with E-state index < -0.39 is 0 Å². The first-order valence-corrected chi connectivity index (χ1v) is 7.38. The Morgan fingerprint density at radius 3 is 2.67 bits per heavy atom. The molecule has 1 rings (SSSR count). The molecule has 0 aliphatic heterocycles. The Labute approximate surface area is 115 Å².